The second-order valence-electron chi connectivity index (χ2n) is 6.81. The largest absolute Gasteiger partial charge is 0.368 e. The lowest BCUT2D eigenvalue weighted by molar-refractivity contribution is 0.372. The number of benzene rings is 2. The van der Waals surface area contributed by atoms with E-state index < -0.39 is 10.0 Å². The van der Waals surface area contributed by atoms with Gasteiger partial charge in [-0.15, -0.1) is 24.0 Å². The zero-order chi connectivity index (χ0) is 20.9. The maximum atomic E-state index is 13.1. The number of nitrogens with two attached hydrogens (primary N) is 1. The van der Waals surface area contributed by atoms with Crippen LogP contribution in [0.2, 0.25) is 0 Å². The van der Waals surface area contributed by atoms with E-state index in [2.05, 4.69) is 20.1 Å². The van der Waals surface area contributed by atoms with E-state index in [4.69, 9.17) is 5.14 Å². The van der Waals surface area contributed by atoms with Gasteiger partial charge < -0.3 is 15.1 Å². The number of sulfonamides is 1. The summed E-state index contributed by atoms with van der Waals surface area (Å²) in [5, 5.41) is 8.50. The number of rotatable bonds is 5. The van der Waals surface area contributed by atoms with Crippen molar-refractivity contribution in [3.8, 4) is 0 Å². The smallest absolute Gasteiger partial charge is 0.238 e. The van der Waals surface area contributed by atoms with Gasteiger partial charge in [0.05, 0.1) is 11.4 Å². The number of hydrogen-bond donors (Lipinski definition) is 2. The number of anilines is 1. The summed E-state index contributed by atoms with van der Waals surface area (Å²) in [5.41, 5.74) is 1.78. The summed E-state index contributed by atoms with van der Waals surface area (Å²) < 4.78 is 36.2. The molecule has 0 amide bonds. The van der Waals surface area contributed by atoms with E-state index in [9.17, 15) is 12.8 Å². The number of halogens is 2. The molecule has 0 aliphatic carbocycles. The second-order valence-corrected chi connectivity index (χ2v) is 8.37. The highest BCUT2D eigenvalue weighted by atomic mass is 127. The summed E-state index contributed by atoms with van der Waals surface area (Å²) in [6.45, 7) is 6.25. The van der Waals surface area contributed by atoms with Crippen LogP contribution in [0.5, 0.6) is 0 Å². The molecule has 164 valence electrons. The summed E-state index contributed by atoms with van der Waals surface area (Å²) in [6.07, 6.45) is 0. The molecule has 0 spiro atoms. The van der Waals surface area contributed by atoms with Gasteiger partial charge in [0.15, 0.2) is 5.96 Å². The molecule has 1 saturated heterocycles. The average molecular weight is 547 g/mol. The predicted molar refractivity (Wildman–Crippen MR) is 128 cm³/mol. The number of nitrogens with zero attached hydrogens (tertiary/aromatic N) is 3. The first-order chi connectivity index (χ1) is 13.9. The molecule has 2 aromatic carbocycles. The first-order valence-electron chi connectivity index (χ1n) is 9.52. The summed E-state index contributed by atoms with van der Waals surface area (Å²) in [4.78, 5) is 9.14. The van der Waals surface area contributed by atoms with Crippen molar-refractivity contribution in [3.05, 3.63) is 59.9 Å². The van der Waals surface area contributed by atoms with Gasteiger partial charge in [0.25, 0.3) is 0 Å². The van der Waals surface area contributed by atoms with Crippen LogP contribution in [0.15, 0.2) is 58.4 Å². The molecule has 1 heterocycles. The Labute approximate surface area is 194 Å². The Kier molecular flexibility index (Phi) is 8.86. The van der Waals surface area contributed by atoms with Gasteiger partial charge in [-0.2, -0.15) is 0 Å². The van der Waals surface area contributed by atoms with Crippen LogP contribution in [-0.2, 0) is 16.6 Å². The zero-order valence-corrected chi connectivity index (χ0v) is 19.9. The molecule has 10 heteroatoms. The minimum absolute atomic E-state index is 0. The lowest BCUT2D eigenvalue weighted by Crippen LogP contribution is -2.52. The number of nitrogens with one attached hydrogen (secondary N) is 1. The van der Waals surface area contributed by atoms with Crippen molar-refractivity contribution in [2.45, 2.75) is 18.4 Å². The number of guanidine groups is 1. The fourth-order valence-corrected chi connectivity index (χ4v) is 3.83. The topological polar surface area (TPSA) is 91.0 Å². The van der Waals surface area contributed by atoms with Crippen molar-refractivity contribution >= 4 is 45.6 Å². The molecule has 0 saturated carbocycles. The van der Waals surface area contributed by atoms with Crippen molar-refractivity contribution in [2.75, 3.05) is 37.6 Å². The first kappa shape index (κ1) is 24.4. The Bertz CT molecular complexity index is 961. The Balaban J connectivity index is 0.00000320. The lowest BCUT2D eigenvalue weighted by Gasteiger charge is -2.37. The SMILES string of the molecule is CCNC(=NCc1cccc(S(N)(=O)=O)c1)N1CCN(c2ccc(F)cc2)CC1.I. The highest BCUT2D eigenvalue weighted by Gasteiger charge is 2.20. The second kappa shape index (κ2) is 10.9. The molecule has 2 aromatic rings. The van der Waals surface area contributed by atoms with Crippen molar-refractivity contribution in [3.63, 3.8) is 0 Å². The minimum Gasteiger partial charge on any atom is -0.368 e. The van der Waals surface area contributed by atoms with Gasteiger partial charge >= 0.3 is 0 Å². The molecular formula is C20H27FIN5O2S. The molecule has 30 heavy (non-hydrogen) atoms. The fourth-order valence-electron chi connectivity index (χ4n) is 3.24. The third-order valence-corrected chi connectivity index (χ3v) is 5.66. The summed E-state index contributed by atoms with van der Waals surface area (Å²) >= 11 is 0. The summed E-state index contributed by atoms with van der Waals surface area (Å²) in [5.74, 6) is 0.549. The van der Waals surface area contributed by atoms with Crippen LogP contribution in [-0.4, -0.2) is 52.0 Å². The van der Waals surface area contributed by atoms with Crippen LogP contribution in [0.1, 0.15) is 12.5 Å². The van der Waals surface area contributed by atoms with Gasteiger partial charge in [-0.1, -0.05) is 12.1 Å². The maximum Gasteiger partial charge on any atom is 0.238 e. The Morgan fingerprint density at radius 3 is 2.40 bits per heavy atom. The van der Waals surface area contributed by atoms with Gasteiger partial charge in [0.2, 0.25) is 10.0 Å². The molecule has 3 N–H and O–H groups in total. The maximum absolute atomic E-state index is 13.1. The molecule has 0 unspecified atom stereocenters. The van der Waals surface area contributed by atoms with Crippen LogP contribution in [0.4, 0.5) is 10.1 Å². The molecule has 0 radical (unpaired) electrons. The molecule has 0 aromatic heterocycles. The molecule has 0 atom stereocenters. The summed E-state index contributed by atoms with van der Waals surface area (Å²) in [6, 6.07) is 13.1. The molecule has 3 rings (SSSR count). The third kappa shape index (κ3) is 6.54. The normalized spacial score (nSPS) is 15.0. The molecule has 1 aliphatic heterocycles. The van der Waals surface area contributed by atoms with E-state index in [-0.39, 0.29) is 34.7 Å². The zero-order valence-electron chi connectivity index (χ0n) is 16.8. The number of aliphatic imine (C=N–C) groups is 1. The van der Waals surface area contributed by atoms with E-state index in [1.807, 2.05) is 13.0 Å². The van der Waals surface area contributed by atoms with Crippen LogP contribution >= 0.6 is 24.0 Å². The van der Waals surface area contributed by atoms with Gasteiger partial charge in [0.1, 0.15) is 5.82 Å². The standard InChI is InChI=1S/C20H26FN5O2S.HI/c1-2-23-20(24-15-16-4-3-5-19(14-16)29(22,27)28)26-12-10-25(11-13-26)18-8-6-17(21)7-9-18;/h3-9,14H,2,10-13,15H2,1H3,(H,23,24)(H2,22,27,28);1H. The van der Waals surface area contributed by atoms with Crippen molar-refractivity contribution in [1.29, 1.82) is 0 Å². The van der Waals surface area contributed by atoms with Crippen LogP contribution in [0.25, 0.3) is 0 Å². The van der Waals surface area contributed by atoms with E-state index in [0.29, 0.717) is 6.54 Å². The Morgan fingerprint density at radius 1 is 1.13 bits per heavy atom. The van der Waals surface area contributed by atoms with Gasteiger partial charge in [-0.05, 0) is 48.9 Å². The van der Waals surface area contributed by atoms with Gasteiger partial charge in [-0.3, -0.25) is 0 Å². The van der Waals surface area contributed by atoms with Crippen molar-refractivity contribution in [2.24, 2.45) is 10.1 Å². The Morgan fingerprint density at radius 2 is 1.80 bits per heavy atom. The molecule has 1 fully saturated rings. The van der Waals surface area contributed by atoms with Crippen LogP contribution in [0.3, 0.4) is 0 Å². The predicted octanol–water partition coefficient (Wildman–Crippen LogP) is 2.38. The number of hydrogen-bond acceptors (Lipinski definition) is 4. The quantitative estimate of drug-likeness (QED) is 0.341. The number of primary sulfonamides is 1. The van der Waals surface area contributed by atoms with E-state index in [0.717, 1.165) is 49.9 Å². The minimum atomic E-state index is -3.73. The van der Waals surface area contributed by atoms with Crippen LogP contribution < -0.4 is 15.4 Å². The highest BCUT2D eigenvalue weighted by molar-refractivity contribution is 14.0. The average Bonchev–Trinajstić information content (AvgIpc) is 2.71. The molecule has 1 aliphatic rings. The van der Waals surface area contributed by atoms with E-state index >= 15 is 0 Å². The lowest BCUT2D eigenvalue weighted by atomic mass is 10.2. The Hall–Kier alpha value is -1.92. The van der Waals surface area contributed by atoms with Crippen molar-refractivity contribution < 1.29 is 12.8 Å². The van der Waals surface area contributed by atoms with Gasteiger partial charge in [-0.25, -0.2) is 22.9 Å². The monoisotopic (exact) mass is 547 g/mol. The fraction of sp³-hybridized carbons (Fsp3) is 0.350. The molecule has 7 nitrogen and oxygen atoms in total. The first-order valence-corrected chi connectivity index (χ1v) is 11.1. The van der Waals surface area contributed by atoms with E-state index in [1.54, 1.807) is 24.3 Å². The number of piperazine rings is 1. The summed E-state index contributed by atoms with van der Waals surface area (Å²) in [7, 11) is -3.73. The van der Waals surface area contributed by atoms with E-state index in [1.165, 1.54) is 18.2 Å². The molecular weight excluding hydrogens is 520 g/mol. The van der Waals surface area contributed by atoms with Gasteiger partial charge in [0, 0.05) is 38.4 Å². The third-order valence-electron chi connectivity index (χ3n) is 4.74. The molecule has 0 bridgehead atoms. The van der Waals surface area contributed by atoms with Crippen molar-refractivity contribution in [1.82, 2.24) is 10.2 Å². The van der Waals surface area contributed by atoms with Crippen LogP contribution in [0, 0.1) is 5.82 Å². The highest BCUT2D eigenvalue weighted by Crippen LogP contribution is 2.17.